The van der Waals surface area contributed by atoms with Crippen molar-refractivity contribution in [3.05, 3.63) is 102 Å². The first-order valence-electron chi connectivity index (χ1n) is 11.4. The van der Waals surface area contributed by atoms with Crippen molar-refractivity contribution in [3.63, 3.8) is 0 Å². The Balaban J connectivity index is 1.66. The molecule has 2 aromatic heterocycles. The summed E-state index contributed by atoms with van der Waals surface area (Å²) in [6, 6.07) is 20.2. The minimum atomic E-state index is -4.62. The Morgan fingerprint density at radius 1 is 1.03 bits per heavy atom. The van der Waals surface area contributed by atoms with Crippen molar-refractivity contribution in [2.45, 2.75) is 32.0 Å². The molecule has 186 valence electrons. The molecule has 6 nitrogen and oxygen atoms in total. The number of carbonyl (C=O) groups excluding carboxylic acids is 1. The molecular weight excluding hydrogens is 471 g/mol. The van der Waals surface area contributed by atoms with Crippen molar-refractivity contribution in [1.82, 2.24) is 9.97 Å². The van der Waals surface area contributed by atoms with E-state index in [1.54, 1.807) is 13.1 Å². The molecule has 0 aliphatic carbocycles. The third-order valence-corrected chi connectivity index (χ3v) is 5.36. The molecule has 1 atom stereocenters. The van der Waals surface area contributed by atoms with Crippen molar-refractivity contribution in [1.29, 1.82) is 0 Å². The number of halogens is 3. The van der Waals surface area contributed by atoms with Crippen LogP contribution in [0.4, 0.5) is 19.0 Å². The number of benzene rings is 2. The topological polar surface area (TPSA) is 77.2 Å². The van der Waals surface area contributed by atoms with Gasteiger partial charge in [0.25, 0.3) is 0 Å². The van der Waals surface area contributed by atoms with Crippen LogP contribution in [0.3, 0.4) is 0 Å². The van der Waals surface area contributed by atoms with Crippen LogP contribution in [0.1, 0.15) is 29.7 Å². The van der Waals surface area contributed by atoms with Gasteiger partial charge in [-0.1, -0.05) is 60.7 Å². The van der Waals surface area contributed by atoms with Crippen LogP contribution in [0, 0.1) is 0 Å². The fourth-order valence-corrected chi connectivity index (χ4v) is 3.65. The molecule has 0 fully saturated rings. The summed E-state index contributed by atoms with van der Waals surface area (Å²) in [6.07, 6.45) is -2.77. The van der Waals surface area contributed by atoms with Gasteiger partial charge in [-0.05, 0) is 24.6 Å². The zero-order valence-electron chi connectivity index (χ0n) is 19.5. The highest BCUT2D eigenvalue weighted by molar-refractivity contribution is 5.79. The molecule has 0 aliphatic heterocycles. The normalized spacial score (nSPS) is 12.2. The monoisotopic (exact) mass is 495 g/mol. The molecular formula is C27H24F3N3O3. The Kier molecular flexibility index (Phi) is 7.68. The van der Waals surface area contributed by atoms with Gasteiger partial charge < -0.3 is 14.5 Å². The molecule has 0 aliphatic rings. The molecule has 0 amide bonds. The van der Waals surface area contributed by atoms with E-state index in [9.17, 15) is 18.0 Å². The Bertz CT molecular complexity index is 1290. The van der Waals surface area contributed by atoms with E-state index in [1.165, 1.54) is 6.07 Å². The Morgan fingerprint density at radius 2 is 1.72 bits per heavy atom. The molecule has 9 heteroatoms. The molecule has 0 radical (unpaired) electrons. The Labute approximate surface area is 206 Å². The molecule has 0 bridgehead atoms. The quantitative estimate of drug-likeness (QED) is 0.290. The number of alkyl halides is 3. The molecule has 2 heterocycles. The molecule has 0 saturated carbocycles. The number of nitrogens with one attached hydrogen (secondary N) is 1. The summed E-state index contributed by atoms with van der Waals surface area (Å²) in [5, 5.41) is 3.04. The van der Waals surface area contributed by atoms with Gasteiger partial charge in [0.15, 0.2) is 0 Å². The standard InChI is InChI=1S/C27H24F3N3O3/c1-2-35-26(34)22(16-20-13-14-24(36-20)27(28,29)30)33-25-21(15-18-9-5-3-6-10-18)32-23(17-31-25)19-11-7-4-8-12-19/h3-14,17,22H,2,15-16H2,1H3,(H,31,33). The van der Waals surface area contributed by atoms with E-state index in [1.807, 2.05) is 60.7 Å². The number of nitrogens with zero attached hydrogens (tertiary/aromatic N) is 2. The van der Waals surface area contributed by atoms with Gasteiger partial charge in [0, 0.05) is 18.4 Å². The molecule has 2 aromatic carbocycles. The minimum absolute atomic E-state index is 0.00801. The average Bonchev–Trinajstić information content (AvgIpc) is 3.35. The van der Waals surface area contributed by atoms with E-state index in [-0.39, 0.29) is 18.8 Å². The minimum Gasteiger partial charge on any atom is -0.464 e. The maximum absolute atomic E-state index is 13.0. The molecule has 0 saturated heterocycles. The first kappa shape index (κ1) is 25.0. The summed E-state index contributed by atoms with van der Waals surface area (Å²) in [7, 11) is 0. The Hall–Kier alpha value is -4.14. The predicted molar refractivity (Wildman–Crippen MR) is 128 cm³/mol. The number of hydrogen-bond donors (Lipinski definition) is 1. The van der Waals surface area contributed by atoms with Crippen molar-refractivity contribution in [2.24, 2.45) is 0 Å². The van der Waals surface area contributed by atoms with Crippen LogP contribution in [-0.2, 0) is 28.5 Å². The van der Waals surface area contributed by atoms with Crippen molar-refractivity contribution in [2.75, 3.05) is 11.9 Å². The fourth-order valence-electron chi connectivity index (χ4n) is 3.65. The number of ether oxygens (including phenoxy) is 1. The molecule has 36 heavy (non-hydrogen) atoms. The SMILES string of the molecule is CCOC(=O)C(Cc1ccc(C(F)(F)F)o1)Nc1ncc(-c2ccccc2)nc1Cc1ccccc1. The average molecular weight is 496 g/mol. The van der Waals surface area contributed by atoms with Gasteiger partial charge in [-0.25, -0.2) is 14.8 Å². The summed E-state index contributed by atoms with van der Waals surface area (Å²) < 4.78 is 49.0. The highest BCUT2D eigenvalue weighted by Crippen LogP contribution is 2.31. The second kappa shape index (κ2) is 11.1. The van der Waals surface area contributed by atoms with Crippen LogP contribution in [0.25, 0.3) is 11.3 Å². The molecule has 4 rings (SSSR count). The number of esters is 1. The van der Waals surface area contributed by atoms with Crippen LogP contribution >= 0.6 is 0 Å². The van der Waals surface area contributed by atoms with Crippen molar-refractivity contribution >= 4 is 11.8 Å². The number of aromatic nitrogens is 2. The van der Waals surface area contributed by atoms with Crippen LogP contribution in [0.5, 0.6) is 0 Å². The van der Waals surface area contributed by atoms with Crippen LogP contribution in [-0.4, -0.2) is 28.6 Å². The number of hydrogen-bond acceptors (Lipinski definition) is 6. The highest BCUT2D eigenvalue weighted by atomic mass is 19.4. The second-order valence-electron chi connectivity index (χ2n) is 8.00. The van der Waals surface area contributed by atoms with E-state index in [0.717, 1.165) is 17.2 Å². The number of anilines is 1. The molecule has 1 N–H and O–H groups in total. The zero-order valence-corrected chi connectivity index (χ0v) is 19.5. The third-order valence-electron chi connectivity index (χ3n) is 5.36. The van der Waals surface area contributed by atoms with Crippen molar-refractivity contribution < 1.29 is 27.1 Å². The summed E-state index contributed by atoms with van der Waals surface area (Å²) in [5.41, 5.74) is 3.09. The predicted octanol–water partition coefficient (Wildman–Crippen LogP) is 5.93. The van der Waals surface area contributed by atoms with Gasteiger partial charge in [-0.3, -0.25) is 0 Å². The molecule has 0 spiro atoms. The Morgan fingerprint density at radius 3 is 2.36 bits per heavy atom. The zero-order chi connectivity index (χ0) is 25.5. The first-order chi connectivity index (χ1) is 17.3. The van der Waals surface area contributed by atoms with E-state index >= 15 is 0 Å². The van der Waals surface area contributed by atoms with E-state index in [2.05, 4.69) is 10.3 Å². The van der Waals surface area contributed by atoms with Crippen LogP contribution in [0.2, 0.25) is 0 Å². The van der Waals surface area contributed by atoms with Gasteiger partial charge in [-0.15, -0.1) is 0 Å². The van der Waals surface area contributed by atoms with Crippen LogP contribution in [0.15, 0.2) is 83.4 Å². The lowest BCUT2D eigenvalue weighted by molar-refractivity contribution is -0.153. The maximum atomic E-state index is 13.0. The second-order valence-corrected chi connectivity index (χ2v) is 8.00. The lowest BCUT2D eigenvalue weighted by Crippen LogP contribution is -2.34. The van der Waals surface area contributed by atoms with E-state index in [0.29, 0.717) is 23.6 Å². The highest BCUT2D eigenvalue weighted by Gasteiger charge is 2.35. The number of furan rings is 1. The van der Waals surface area contributed by atoms with Gasteiger partial charge >= 0.3 is 12.1 Å². The molecule has 4 aromatic rings. The van der Waals surface area contributed by atoms with Gasteiger partial charge in [0.1, 0.15) is 17.6 Å². The molecule has 1 unspecified atom stereocenters. The fraction of sp³-hybridized carbons (Fsp3) is 0.222. The number of rotatable bonds is 9. The van der Waals surface area contributed by atoms with Gasteiger partial charge in [0.2, 0.25) is 5.76 Å². The smallest absolute Gasteiger partial charge is 0.449 e. The lowest BCUT2D eigenvalue weighted by Gasteiger charge is -2.19. The van der Waals surface area contributed by atoms with Crippen LogP contribution < -0.4 is 5.32 Å². The first-order valence-corrected chi connectivity index (χ1v) is 11.4. The van der Waals surface area contributed by atoms with E-state index < -0.39 is 23.9 Å². The summed E-state index contributed by atoms with van der Waals surface area (Å²) in [6.45, 7) is 1.76. The summed E-state index contributed by atoms with van der Waals surface area (Å²) in [5.74, 6) is -1.44. The third kappa shape index (κ3) is 6.29. The summed E-state index contributed by atoms with van der Waals surface area (Å²) >= 11 is 0. The van der Waals surface area contributed by atoms with Gasteiger partial charge in [-0.2, -0.15) is 13.2 Å². The lowest BCUT2D eigenvalue weighted by atomic mass is 10.1. The van der Waals surface area contributed by atoms with E-state index in [4.69, 9.17) is 14.1 Å². The van der Waals surface area contributed by atoms with Crippen molar-refractivity contribution in [3.8, 4) is 11.3 Å². The van der Waals surface area contributed by atoms with Gasteiger partial charge in [0.05, 0.1) is 24.2 Å². The number of carbonyl (C=O) groups is 1. The largest absolute Gasteiger partial charge is 0.464 e. The maximum Gasteiger partial charge on any atom is 0.449 e. The summed E-state index contributed by atoms with van der Waals surface area (Å²) in [4.78, 5) is 22.0.